The number of halogens is 2. The van der Waals surface area contributed by atoms with Crippen LogP contribution in [0.5, 0.6) is 23.0 Å². The number of hydrogen-bond acceptors (Lipinski definition) is 3. The molecule has 1 aliphatic heterocycles. The number of ether oxygens (including phenoxy) is 1. The first-order chi connectivity index (χ1) is 18.5. The van der Waals surface area contributed by atoms with Crippen molar-refractivity contribution in [2.45, 2.75) is 5.92 Å². The molecule has 0 unspecified atom stereocenters. The minimum atomic E-state index is -0.105. The Morgan fingerprint density at radius 1 is 0.500 bits per heavy atom. The topological polar surface area (TPSA) is 49.7 Å². The maximum absolute atomic E-state index is 10.4. The predicted octanol–water partition coefficient (Wildman–Crippen LogP) is 9.57. The summed E-state index contributed by atoms with van der Waals surface area (Å²) < 4.78 is 8.20. The van der Waals surface area contributed by atoms with Crippen LogP contribution in [0.25, 0.3) is 32.7 Å². The molecule has 0 aromatic heterocycles. The second-order valence-corrected chi connectivity index (χ2v) is 11.6. The van der Waals surface area contributed by atoms with Crippen molar-refractivity contribution in [3.8, 4) is 34.1 Å². The quantitative estimate of drug-likeness (QED) is 0.175. The highest BCUT2D eigenvalue weighted by atomic mass is 127. The fourth-order valence-corrected chi connectivity index (χ4v) is 6.89. The van der Waals surface area contributed by atoms with Gasteiger partial charge in [-0.05, 0) is 120 Å². The van der Waals surface area contributed by atoms with E-state index in [9.17, 15) is 10.2 Å². The molecule has 0 aliphatic carbocycles. The van der Waals surface area contributed by atoms with Gasteiger partial charge in [0.05, 0.1) is 7.14 Å². The molecule has 0 spiro atoms. The average molecular weight is 718 g/mol. The number of phenols is 2. The van der Waals surface area contributed by atoms with Crippen molar-refractivity contribution >= 4 is 66.7 Å². The molecule has 0 saturated carbocycles. The van der Waals surface area contributed by atoms with Crippen LogP contribution in [-0.4, -0.2) is 10.2 Å². The number of fused-ring (bicyclic) bond motifs is 6. The van der Waals surface area contributed by atoms with E-state index in [0.717, 1.165) is 62.4 Å². The molecule has 38 heavy (non-hydrogen) atoms. The molecule has 6 aromatic rings. The van der Waals surface area contributed by atoms with Gasteiger partial charge in [-0.25, -0.2) is 0 Å². The van der Waals surface area contributed by atoms with Gasteiger partial charge < -0.3 is 14.9 Å². The summed E-state index contributed by atoms with van der Waals surface area (Å²) in [5.74, 6) is 2.07. The molecule has 0 bridgehead atoms. The van der Waals surface area contributed by atoms with Gasteiger partial charge in [0.25, 0.3) is 0 Å². The largest absolute Gasteiger partial charge is 0.507 e. The van der Waals surface area contributed by atoms with Gasteiger partial charge in [0, 0.05) is 17.0 Å². The Morgan fingerprint density at radius 2 is 0.974 bits per heavy atom. The lowest BCUT2D eigenvalue weighted by Gasteiger charge is -2.31. The molecule has 1 heterocycles. The Morgan fingerprint density at radius 3 is 1.50 bits per heavy atom. The SMILES string of the molecule is Oc1ccc2c3c(ccc2c1I)Oc1ccc2c(I)c(O)ccc2c1C3c1ccc(-c2ccccc2)cc1. The van der Waals surface area contributed by atoms with E-state index in [1.54, 1.807) is 12.1 Å². The van der Waals surface area contributed by atoms with Crippen molar-refractivity contribution in [3.63, 3.8) is 0 Å². The lowest BCUT2D eigenvalue weighted by molar-refractivity contribution is 0.455. The molecular weight excluding hydrogens is 698 g/mol. The van der Waals surface area contributed by atoms with Crippen LogP contribution < -0.4 is 4.74 Å². The third kappa shape index (κ3) is 3.66. The number of hydrogen-bond donors (Lipinski definition) is 2. The van der Waals surface area contributed by atoms with Gasteiger partial charge in [0.2, 0.25) is 0 Å². The molecule has 0 saturated heterocycles. The van der Waals surface area contributed by atoms with Crippen LogP contribution in [0.3, 0.4) is 0 Å². The summed E-state index contributed by atoms with van der Waals surface area (Å²) in [4.78, 5) is 0. The number of benzene rings is 6. The molecule has 7 rings (SSSR count). The molecule has 6 aromatic carbocycles. The summed E-state index contributed by atoms with van der Waals surface area (Å²) in [6.45, 7) is 0. The maximum atomic E-state index is 10.4. The van der Waals surface area contributed by atoms with Gasteiger partial charge in [-0.3, -0.25) is 0 Å². The maximum Gasteiger partial charge on any atom is 0.132 e. The smallest absolute Gasteiger partial charge is 0.132 e. The van der Waals surface area contributed by atoms with Gasteiger partial charge >= 0.3 is 0 Å². The zero-order valence-corrected chi connectivity index (χ0v) is 24.3. The predicted molar refractivity (Wildman–Crippen MR) is 170 cm³/mol. The fraction of sp³-hybridized carbons (Fsp3) is 0.0303. The first-order valence-corrected chi connectivity index (χ1v) is 14.4. The molecule has 0 fully saturated rings. The van der Waals surface area contributed by atoms with Crippen molar-refractivity contribution in [1.29, 1.82) is 0 Å². The van der Waals surface area contributed by atoms with Crippen LogP contribution in [0.1, 0.15) is 22.6 Å². The summed E-state index contributed by atoms with van der Waals surface area (Å²) in [5.41, 5.74) is 5.66. The van der Waals surface area contributed by atoms with E-state index >= 15 is 0 Å². The first-order valence-electron chi connectivity index (χ1n) is 12.2. The minimum Gasteiger partial charge on any atom is -0.507 e. The van der Waals surface area contributed by atoms with Gasteiger partial charge in [-0.15, -0.1) is 0 Å². The molecular formula is C33H20I2O3. The van der Waals surface area contributed by atoms with Gasteiger partial charge in [-0.1, -0.05) is 66.7 Å². The highest BCUT2D eigenvalue weighted by Gasteiger charge is 2.33. The highest BCUT2D eigenvalue weighted by molar-refractivity contribution is 14.1. The lowest BCUT2D eigenvalue weighted by atomic mass is 9.78. The molecule has 0 radical (unpaired) electrons. The molecule has 3 nitrogen and oxygen atoms in total. The zero-order valence-electron chi connectivity index (χ0n) is 20.0. The van der Waals surface area contributed by atoms with Crippen LogP contribution in [0.15, 0.2) is 103 Å². The summed E-state index contributed by atoms with van der Waals surface area (Å²) in [5, 5.41) is 25.0. The molecule has 184 valence electrons. The monoisotopic (exact) mass is 718 g/mol. The lowest BCUT2D eigenvalue weighted by Crippen LogP contribution is -2.13. The Labute approximate surface area is 247 Å². The molecule has 1 aliphatic rings. The van der Waals surface area contributed by atoms with E-state index in [-0.39, 0.29) is 17.4 Å². The Balaban J connectivity index is 1.54. The van der Waals surface area contributed by atoms with Crippen molar-refractivity contribution in [1.82, 2.24) is 0 Å². The van der Waals surface area contributed by atoms with E-state index < -0.39 is 0 Å². The normalized spacial score (nSPS) is 12.8. The first kappa shape index (κ1) is 23.8. The van der Waals surface area contributed by atoms with Crippen molar-refractivity contribution in [3.05, 3.63) is 127 Å². The van der Waals surface area contributed by atoms with E-state index in [2.05, 4.69) is 93.7 Å². The summed E-state index contributed by atoms with van der Waals surface area (Å²) in [7, 11) is 0. The van der Waals surface area contributed by atoms with Crippen molar-refractivity contribution in [2.75, 3.05) is 0 Å². The van der Waals surface area contributed by atoms with E-state index in [4.69, 9.17) is 4.74 Å². The second-order valence-electron chi connectivity index (χ2n) is 9.47. The van der Waals surface area contributed by atoms with E-state index in [0.29, 0.717) is 0 Å². The standard InChI is InChI=1S/C33H20I2O3/c34-32-23-12-16-27-30(21(23)10-14-25(32)36)29(20-8-6-19(7-9-20)18-4-2-1-3-5-18)31-22-11-15-26(37)33(35)24(22)13-17-28(31)38-27/h1-17,29,36-37H. The fourth-order valence-electron chi connectivity index (χ4n) is 5.59. The Bertz CT molecular complexity index is 1780. The number of aromatic hydroxyl groups is 2. The van der Waals surface area contributed by atoms with Crippen LogP contribution >= 0.6 is 45.2 Å². The van der Waals surface area contributed by atoms with Gasteiger partial charge in [0.1, 0.15) is 23.0 Å². The average Bonchev–Trinajstić information content (AvgIpc) is 2.96. The summed E-state index contributed by atoms with van der Waals surface area (Å²) >= 11 is 4.43. The molecule has 5 heteroatoms. The Kier molecular flexibility index (Phi) is 5.74. The molecule has 0 amide bonds. The highest BCUT2D eigenvalue weighted by Crippen LogP contribution is 2.53. The minimum absolute atomic E-state index is 0.105. The third-order valence-corrected chi connectivity index (χ3v) is 9.65. The summed E-state index contributed by atoms with van der Waals surface area (Å²) in [6, 6.07) is 34.8. The van der Waals surface area contributed by atoms with Crippen LogP contribution in [0.2, 0.25) is 0 Å². The number of phenolic OH excluding ortho intramolecular Hbond substituents is 2. The second kappa shape index (κ2) is 9.17. The van der Waals surface area contributed by atoms with Gasteiger partial charge in [-0.2, -0.15) is 0 Å². The number of rotatable bonds is 2. The van der Waals surface area contributed by atoms with Crippen LogP contribution in [-0.2, 0) is 0 Å². The molecule has 0 atom stereocenters. The Hall–Kier alpha value is -3.30. The molecule has 2 N–H and O–H groups in total. The van der Waals surface area contributed by atoms with E-state index in [1.165, 1.54) is 5.56 Å². The third-order valence-electron chi connectivity index (χ3n) is 7.38. The van der Waals surface area contributed by atoms with Gasteiger partial charge in [0.15, 0.2) is 0 Å². The van der Waals surface area contributed by atoms with E-state index in [1.807, 2.05) is 42.5 Å². The van der Waals surface area contributed by atoms with Crippen LogP contribution in [0.4, 0.5) is 0 Å². The van der Waals surface area contributed by atoms with Crippen molar-refractivity contribution in [2.24, 2.45) is 0 Å². The zero-order chi connectivity index (χ0) is 26.0. The summed E-state index contributed by atoms with van der Waals surface area (Å²) in [6.07, 6.45) is 0. The van der Waals surface area contributed by atoms with Crippen molar-refractivity contribution < 1.29 is 14.9 Å². The van der Waals surface area contributed by atoms with Crippen LogP contribution in [0, 0.1) is 7.14 Å².